The Morgan fingerprint density at radius 1 is 1.00 bits per heavy atom. The van der Waals surface area contributed by atoms with Gasteiger partial charge >= 0.3 is 0 Å². The maximum atomic E-state index is 11.7. The number of fused-ring (bicyclic) bond motifs is 1. The minimum Gasteiger partial charge on any atom is -0.619 e. The molecule has 10 nitrogen and oxygen atoms in total. The topological polar surface area (TPSA) is 107 Å². The Labute approximate surface area is 178 Å². The highest BCUT2D eigenvalue weighted by Crippen LogP contribution is 2.42. The van der Waals surface area contributed by atoms with Crippen molar-refractivity contribution < 1.29 is 23.7 Å². The van der Waals surface area contributed by atoms with Gasteiger partial charge in [0, 0.05) is 18.2 Å². The summed E-state index contributed by atoms with van der Waals surface area (Å²) in [5, 5.41) is 16.3. The summed E-state index contributed by atoms with van der Waals surface area (Å²) in [6, 6.07) is 6.72. The smallest absolute Gasteiger partial charge is 0.249 e. The Kier molecular flexibility index (Phi) is 5.20. The van der Waals surface area contributed by atoms with E-state index < -0.39 is 0 Å². The summed E-state index contributed by atoms with van der Waals surface area (Å²) in [6.45, 7) is 3.68. The van der Waals surface area contributed by atoms with Crippen LogP contribution in [0, 0.1) is 19.1 Å². The van der Waals surface area contributed by atoms with E-state index in [1.165, 1.54) is 33.7 Å². The van der Waals surface area contributed by atoms with Crippen molar-refractivity contribution in [1.82, 2.24) is 19.6 Å². The van der Waals surface area contributed by atoms with Gasteiger partial charge in [0.15, 0.2) is 35.2 Å². The molecule has 0 atom stereocenters. The minimum atomic E-state index is 0.277. The van der Waals surface area contributed by atoms with Gasteiger partial charge in [0.25, 0.3) is 0 Å². The highest BCUT2D eigenvalue weighted by Gasteiger charge is 2.20. The predicted octanol–water partition coefficient (Wildman–Crippen LogP) is 2.86. The zero-order chi connectivity index (χ0) is 22.1. The molecule has 0 aliphatic rings. The summed E-state index contributed by atoms with van der Waals surface area (Å²) in [5.41, 5.74) is 1.86. The van der Waals surface area contributed by atoms with E-state index in [2.05, 4.69) is 15.1 Å². The van der Waals surface area contributed by atoms with Crippen molar-refractivity contribution >= 4 is 5.52 Å². The van der Waals surface area contributed by atoms with Crippen LogP contribution in [0.1, 0.15) is 11.5 Å². The van der Waals surface area contributed by atoms with Crippen molar-refractivity contribution in [3.63, 3.8) is 0 Å². The first-order chi connectivity index (χ1) is 14.9. The lowest BCUT2D eigenvalue weighted by Crippen LogP contribution is -2.24. The van der Waals surface area contributed by atoms with E-state index in [0.29, 0.717) is 56.2 Å². The van der Waals surface area contributed by atoms with E-state index in [9.17, 15) is 5.21 Å². The molecule has 0 spiro atoms. The molecule has 3 aromatic heterocycles. The van der Waals surface area contributed by atoms with Crippen molar-refractivity contribution in [1.29, 1.82) is 0 Å². The SMILES string of the molecule is COc1cc(Oc2nc(-c3ccc[n+]([O-])c3)nn3c(C)nc(C)c23)cc(OC)c1OC. The van der Waals surface area contributed by atoms with E-state index in [-0.39, 0.29) is 5.88 Å². The van der Waals surface area contributed by atoms with E-state index >= 15 is 0 Å². The number of ether oxygens (including phenoxy) is 4. The van der Waals surface area contributed by atoms with Crippen molar-refractivity contribution in [2.45, 2.75) is 13.8 Å². The fourth-order valence-corrected chi connectivity index (χ4v) is 3.30. The first-order valence-corrected chi connectivity index (χ1v) is 9.36. The van der Waals surface area contributed by atoms with Crippen LogP contribution in [0.4, 0.5) is 0 Å². The van der Waals surface area contributed by atoms with Crippen LogP contribution in [0.3, 0.4) is 0 Å². The molecule has 160 valence electrons. The van der Waals surface area contributed by atoms with Crippen molar-refractivity contribution in [2.75, 3.05) is 21.3 Å². The first-order valence-electron chi connectivity index (χ1n) is 9.36. The molecular weight excluding hydrogens is 402 g/mol. The molecule has 0 saturated heterocycles. The monoisotopic (exact) mass is 423 g/mol. The van der Waals surface area contributed by atoms with Gasteiger partial charge in [-0.15, -0.1) is 5.10 Å². The standard InChI is InChI=1S/C21H21N5O5/c1-12-18-21(31-15-9-16(28-3)19(30-5)17(10-15)29-4)23-20(24-26(18)13(2)22-12)14-7-6-8-25(27)11-14/h6-11H,1-5H3. The van der Waals surface area contributed by atoms with Gasteiger partial charge in [-0.1, -0.05) is 0 Å². The number of aromatic nitrogens is 5. The molecule has 0 aliphatic carbocycles. The van der Waals surface area contributed by atoms with Crippen LogP contribution in [0.5, 0.6) is 28.9 Å². The van der Waals surface area contributed by atoms with Gasteiger partial charge in [-0.05, 0) is 19.9 Å². The molecule has 4 rings (SSSR count). The number of methoxy groups -OCH3 is 3. The van der Waals surface area contributed by atoms with Gasteiger partial charge < -0.3 is 24.2 Å². The van der Waals surface area contributed by atoms with Crippen LogP contribution in [-0.2, 0) is 0 Å². The summed E-state index contributed by atoms with van der Waals surface area (Å²) in [4.78, 5) is 9.06. The molecule has 0 bridgehead atoms. The summed E-state index contributed by atoms with van der Waals surface area (Å²) >= 11 is 0. The normalized spacial score (nSPS) is 10.9. The number of rotatable bonds is 6. The summed E-state index contributed by atoms with van der Waals surface area (Å²) in [5.74, 6) is 3.02. The molecular formula is C21H21N5O5. The molecule has 0 unspecified atom stereocenters. The molecule has 3 heterocycles. The fraction of sp³-hybridized carbons (Fsp3) is 0.238. The zero-order valence-electron chi connectivity index (χ0n) is 17.7. The molecule has 31 heavy (non-hydrogen) atoms. The van der Waals surface area contributed by atoms with Gasteiger partial charge in [0.05, 0.1) is 32.6 Å². The van der Waals surface area contributed by atoms with Crippen LogP contribution in [0.15, 0.2) is 36.7 Å². The van der Waals surface area contributed by atoms with E-state index in [1.807, 2.05) is 13.8 Å². The van der Waals surface area contributed by atoms with Crippen molar-refractivity contribution in [3.05, 3.63) is 53.4 Å². The molecule has 0 N–H and O–H groups in total. The quantitative estimate of drug-likeness (QED) is 0.344. The van der Waals surface area contributed by atoms with Crippen molar-refractivity contribution in [2.24, 2.45) is 0 Å². The van der Waals surface area contributed by atoms with Gasteiger partial charge in [-0.2, -0.15) is 9.71 Å². The van der Waals surface area contributed by atoms with Crippen LogP contribution in [0.25, 0.3) is 16.9 Å². The Balaban J connectivity index is 1.89. The second-order valence-electron chi connectivity index (χ2n) is 6.66. The predicted molar refractivity (Wildman–Crippen MR) is 111 cm³/mol. The number of nitrogens with zero attached hydrogens (tertiary/aromatic N) is 5. The number of hydrogen-bond donors (Lipinski definition) is 0. The maximum absolute atomic E-state index is 11.7. The van der Waals surface area contributed by atoms with Gasteiger partial charge in [0.2, 0.25) is 11.6 Å². The van der Waals surface area contributed by atoms with Gasteiger partial charge in [-0.25, -0.2) is 9.50 Å². The average Bonchev–Trinajstić information content (AvgIpc) is 3.06. The van der Waals surface area contributed by atoms with Crippen LogP contribution >= 0.6 is 0 Å². The molecule has 4 aromatic rings. The van der Waals surface area contributed by atoms with Crippen molar-refractivity contribution in [3.8, 4) is 40.3 Å². The number of pyridine rings is 1. The minimum absolute atomic E-state index is 0.277. The Morgan fingerprint density at radius 2 is 1.71 bits per heavy atom. The van der Waals surface area contributed by atoms with E-state index in [4.69, 9.17) is 18.9 Å². The van der Waals surface area contributed by atoms with Crippen LogP contribution < -0.4 is 23.7 Å². The lowest BCUT2D eigenvalue weighted by molar-refractivity contribution is -0.604. The zero-order valence-corrected chi connectivity index (χ0v) is 17.7. The number of benzene rings is 1. The average molecular weight is 423 g/mol. The molecule has 0 fully saturated rings. The third-order valence-corrected chi connectivity index (χ3v) is 4.68. The second-order valence-corrected chi connectivity index (χ2v) is 6.66. The van der Waals surface area contributed by atoms with Crippen LogP contribution in [-0.4, -0.2) is 40.9 Å². The molecule has 1 aromatic carbocycles. The number of imidazole rings is 1. The largest absolute Gasteiger partial charge is 0.619 e. The highest BCUT2D eigenvalue weighted by atomic mass is 16.5. The van der Waals surface area contributed by atoms with Crippen LogP contribution in [0.2, 0.25) is 0 Å². The first kappa shape index (κ1) is 20.2. The molecule has 0 aliphatic heterocycles. The van der Waals surface area contributed by atoms with E-state index in [0.717, 1.165) is 0 Å². The Morgan fingerprint density at radius 3 is 2.32 bits per heavy atom. The third kappa shape index (κ3) is 3.63. The number of aryl methyl sites for hydroxylation is 2. The Bertz CT molecular complexity index is 1250. The summed E-state index contributed by atoms with van der Waals surface area (Å²) < 4.78 is 24.7. The lowest BCUT2D eigenvalue weighted by Gasteiger charge is -2.15. The second kappa shape index (κ2) is 7.98. The fourth-order valence-electron chi connectivity index (χ4n) is 3.30. The molecule has 0 radical (unpaired) electrons. The van der Waals surface area contributed by atoms with E-state index in [1.54, 1.807) is 28.8 Å². The third-order valence-electron chi connectivity index (χ3n) is 4.68. The number of hydrogen-bond acceptors (Lipinski definition) is 8. The molecule has 0 amide bonds. The molecule has 10 heteroatoms. The Hall–Kier alpha value is -4.08. The lowest BCUT2D eigenvalue weighted by atomic mass is 10.2. The highest BCUT2D eigenvalue weighted by molar-refractivity contribution is 5.65. The van der Waals surface area contributed by atoms with Gasteiger partial charge in [0.1, 0.15) is 11.6 Å². The maximum Gasteiger partial charge on any atom is 0.249 e. The summed E-state index contributed by atoms with van der Waals surface area (Å²) in [7, 11) is 4.59. The van der Waals surface area contributed by atoms with Gasteiger partial charge in [-0.3, -0.25) is 0 Å². The molecule has 0 saturated carbocycles. The summed E-state index contributed by atoms with van der Waals surface area (Å²) in [6.07, 6.45) is 2.78.